The zero-order valence-electron chi connectivity index (χ0n) is 5.56. The van der Waals surface area contributed by atoms with Gasteiger partial charge in [0.2, 0.25) is 0 Å². The predicted molar refractivity (Wildman–Crippen MR) is 33.2 cm³/mol. The number of hydrogen-bond donors (Lipinski definition) is 1. The third-order valence-electron chi connectivity index (χ3n) is 1.53. The smallest absolute Gasteiger partial charge is 0.138 e. The topological polar surface area (TPSA) is 21.3 Å². The summed E-state index contributed by atoms with van der Waals surface area (Å²) in [5, 5.41) is 2.99. The van der Waals surface area contributed by atoms with Crippen molar-refractivity contribution < 1.29 is 9.13 Å². The van der Waals surface area contributed by atoms with Gasteiger partial charge in [-0.2, -0.15) is 0 Å². The van der Waals surface area contributed by atoms with Crippen molar-refractivity contribution in [3.63, 3.8) is 0 Å². The van der Waals surface area contributed by atoms with E-state index in [0.717, 1.165) is 6.54 Å². The lowest BCUT2D eigenvalue weighted by Crippen LogP contribution is -2.34. The number of halogens is 1. The average Bonchev–Trinajstić information content (AvgIpc) is 1.99. The first-order chi connectivity index (χ1) is 4.30. The van der Waals surface area contributed by atoms with Crippen molar-refractivity contribution in [2.45, 2.75) is 19.1 Å². The van der Waals surface area contributed by atoms with Crippen molar-refractivity contribution >= 4 is 0 Å². The molecule has 1 heterocycles. The molecular formula is C6H12FNO. The van der Waals surface area contributed by atoms with Gasteiger partial charge in [0, 0.05) is 12.6 Å². The molecule has 2 atom stereocenters. The van der Waals surface area contributed by atoms with Gasteiger partial charge >= 0.3 is 0 Å². The molecular weight excluding hydrogens is 121 g/mol. The summed E-state index contributed by atoms with van der Waals surface area (Å²) in [5.41, 5.74) is 0. The lowest BCUT2D eigenvalue weighted by molar-refractivity contribution is 0.0964. The number of alkyl halides is 1. The van der Waals surface area contributed by atoms with Crippen LogP contribution in [0.4, 0.5) is 4.39 Å². The van der Waals surface area contributed by atoms with Gasteiger partial charge in [0.25, 0.3) is 0 Å². The molecule has 0 unspecified atom stereocenters. The van der Waals surface area contributed by atoms with Crippen molar-refractivity contribution in [1.29, 1.82) is 0 Å². The zero-order valence-corrected chi connectivity index (χ0v) is 5.56. The summed E-state index contributed by atoms with van der Waals surface area (Å²) in [5.74, 6) is 0. The number of nitrogens with one attached hydrogen (secondary N) is 1. The minimum Gasteiger partial charge on any atom is -0.377 e. The van der Waals surface area contributed by atoms with Crippen LogP contribution < -0.4 is 5.32 Å². The summed E-state index contributed by atoms with van der Waals surface area (Å²) in [6, 6.07) is -0.0486. The molecule has 0 aliphatic carbocycles. The molecule has 1 N–H and O–H groups in total. The predicted octanol–water partition coefficient (Wildman–Crippen LogP) is 0.333. The summed E-state index contributed by atoms with van der Waals surface area (Å²) in [7, 11) is 0. The van der Waals surface area contributed by atoms with E-state index in [0.29, 0.717) is 6.61 Å². The highest BCUT2D eigenvalue weighted by Crippen LogP contribution is 2.01. The van der Waals surface area contributed by atoms with Crippen molar-refractivity contribution in [1.82, 2.24) is 5.32 Å². The number of hydrogen-bond acceptors (Lipinski definition) is 2. The van der Waals surface area contributed by atoms with E-state index in [-0.39, 0.29) is 12.6 Å². The molecule has 1 aliphatic heterocycles. The Morgan fingerprint density at radius 3 is 3.22 bits per heavy atom. The molecule has 1 fully saturated rings. The van der Waals surface area contributed by atoms with Gasteiger partial charge < -0.3 is 10.1 Å². The van der Waals surface area contributed by atoms with Crippen LogP contribution in [0.1, 0.15) is 6.92 Å². The Hall–Kier alpha value is -0.150. The third-order valence-corrected chi connectivity index (χ3v) is 1.53. The van der Waals surface area contributed by atoms with Crippen LogP contribution in [0, 0.1) is 0 Å². The minimum atomic E-state index is -0.840. The van der Waals surface area contributed by atoms with Gasteiger partial charge in [0.15, 0.2) is 0 Å². The second kappa shape index (κ2) is 3.13. The molecule has 0 aromatic heterocycles. The maximum atomic E-state index is 12.6. The van der Waals surface area contributed by atoms with Crippen LogP contribution in [0.15, 0.2) is 0 Å². The van der Waals surface area contributed by atoms with Gasteiger partial charge in [0.1, 0.15) is 6.17 Å². The van der Waals surface area contributed by atoms with Crippen molar-refractivity contribution in [3.8, 4) is 0 Å². The lowest BCUT2D eigenvalue weighted by Gasteiger charge is -2.11. The Bertz CT molecular complexity index is 79.1. The molecule has 0 spiro atoms. The van der Waals surface area contributed by atoms with Crippen LogP contribution in [0.3, 0.4) is 0 Å². The summed E-state index contributed by atoms with van der Waals surface area (Å²) >= 11 is 0. The second-order valence-corrected chi connectivity index (χ2v) is 2.33. The Labute approximate surface area is 54.4 Å². The van der Waals surface area contributed by atoms with Gasteiger partial charge in [-0.05, 0) is 6.92 Å². The van der Waals surface area contributed by atoms with E-state index in [1.54, 1.807) is 0 Å². The molecule has 3 heteroatoms. The Kier molecular flexibility index (Phi) is 2.42. The van der Waals surface area contributed by atoms with Crippen molar-refractivity contribution in [2.24, 2.45) is 0 Å². The normalized spacial score (nSPS) is 38.0. The maximum Gasteiger partial charge on any atom is 0.138 e. The number of rotatable bonds is 0. The van der Waals surface area contributed by atoms with Gasteiger partial charge in [-0.15, -0.1) is 0 Å². The van der Waals surface area contributed by atoms with Crippen molar-refractivity contribution in [3.05, 3.63) is 0 Å². The van der Waals surface area contributed by atoms with Gasteiger partial charge in [-0.1, -0.05) is 0 Å². The summed E-state index contributed by atoms with van der Waals surface area (Å²) in [6.07, 6.45) is -0.840. The molecule has 9 heavy (non-hydrogen) atoms. The van der Waals surface area contributed by atoms with Crippen molar-refractivity contribution in [2.75, 3.05) is 19.8 Å². The van der Waals surface area contributed by atoms with E-state index in [1.807, 2.05) is 6.92 Å². The molecule has 0 aromatic rings. The van der Waals surface area contributed by atoms with Crippen LogP contribution in [0.5, 0.6) is 0 Å². The molecule has 54 valence electrons. The molecule has 0 bridgehead atoms. The van der Waals surface area contributed by atoms with Crippen LogP contribution in [-0.4, -0.2) is 32.0 Å². The summed E-state index contributed by atoms with van der Waals surface area (Å²) < 4.78 is 17.6. The first kappa shape index (κ1) is 6.96. The largest absolute Gasteiger partial charge is 0.377 e. The molecule has 0 radical (unpaired) electrons. The molecule has 2 nitrogen and oxygen atoms in total. The lowest BCUT2D eigenvalue weighted by atomic mass is 10.2. The number of ether oxygens (including phenoxy) is 1. The molecule has 1 rings (SSSR count). The maximum absolute atomic E-state index is 12.6. The van der Waals surface area contributed by atoms with E-state index in [4.69, 9.17) is 4.74 Å². The molecule has 1 saturated heterocycles. The molecule has 0 amide bonds. The summed E-state index contributed by atoms with van der Waals surface area (Å²) in [6.45, 7) is 3.47. The van der Waals surface area contributed by atoms with E-state index < -0.39 is 6.17 Å². The van der Waals surface area contributed by atoms with Crippen LogP contribution in [-0.2, 0) is 4.74 Å². The highest BCUT2D eigenvalue weighted by Gasteiger charge is 2.17. The monoisotopic (exact) mass is 133 g/mol. The fourth-order valence-electron chi connectivity index (χ4n) is 0.827. The van der Waals surface area contributed by atoms with Gasteiger partial charge in [-0.25, -0.2) is 4.39 Å². The first-order valence-corrected chi connectivity index (χ1v) is 3.26. The quantitative estimate of drug-likeness (QED) is 0.514. The molecule has 0 saturated carbocycles. The fourth-order valence-corrected chi connectivity index (χ4v) is 0.827. The fraction of sp³-hybridized carbons (Fsp3) is 1.00. The average molecular weight is 133 g/mol. The highest BCUT2D eigenvalue weighted by atomic mass is 19.1. The van der Waals surface area contributed by atoms with Gasteiger partial charge in [0.05, 0.1) is 13.2 Å². The van der Waals surface area contributed by atoms with Gasteiger partial charge in [-0.3, -0.25) is 0 Å². The van der Waals surface area contributed by atoms with Crippen LogP contribution in [0.2, 0.25) is 0 Å². The first-order valence-electron chi connectivity index (χ1n) is 3.26. The Morgan fingerprint density at radius 1 is 1.67 bits per heavy atom. The zero-order chi connectivity index (χ0) is 6.69. The highest BCUT2D eigenvalue weighted by molar-refractivity contribution is 4.72. The molecule has 1 aliphatic rings. The van der Waals surface area contributed by atoms with Crippen LogP contribution >= 0.6 is 0 Å². The SMILES string of the molecule is C[C@H]1NCCOC[C@@H]1F. The van der Waals surface area contributed by atoms with Crippen LogP contribution in [0.25, 0.3) is 0 Å². The molecule has 0 aromatic carbocycles. The van der Waals surface area contributed by atoms with E-state index >= 15 is 0 Å². The third kappa shape index (κ3) is 1.91. The summed E-state index contributed by atoms with van der Waals surface area (Å²) in [4.78, 5) is 0. The van der Waals surface area contributed by atoms with E-state index in [1.165, 1.54) is 0 Å². The minimum absolute atomic E-state index is 0.0486. The Balaban J connectivity index is 2.32. The standard InChI is InChI=1S/C6H12FNO/c1-5-6(7)4-9-3-2-8-5/h5-6,8H,2-4H2,1H3/t5-,6+/m1/s1. The van der Waals surface area contributed by atoms with E-state index in [9.17, 15) is 4.39 Å². The Morgan fingerprint density at radius 2 is 2.44 bits per heavy atom. The van der Waals surface area contributed by atoms with E-state index in [2.05, 4.69) is 5.32 Å². The second-order valence-electron chi connectivity index (χ2n) is 2.33.